The zero-order valence-corrected chi connectivity index (χ0v) is 15.2. The molecule has 23 heavy (non-hydrogen) atoms. The van der Waals surface area contributed by atoms with Crippen LogP contribution >= 0.6 is 23.2 Å². The molecule has 1 atom stereocenters. The van der Waals surface area contributed by atoms with E-state index in [0.29, 0.717) is 17.0 Å². The number of aryl methyl sites for hydroxylation is 1. The number of benzene rings is 1. The molecule has 1 aromatic carbocycles. The van der Waals surface area contributed by atoms with Gasteiger partial charge in [-0.25, -0.2) is 12.4 Å². The Morgan fingerprint density at radius 1 is 1.30 bits per heavy atom. The maximum Gasteiger partial charge on any atom is 0.248 e. The first-order chi connectivity index (χ1) is 10.8. The van der Waals surface area contributed by atoms with Crippen LogP contribution in [0.25, 0.3) is 10.9 Å². The van der Waals surface area contributed by atoms with Crippen molar-refractivity contribution in [2.45, 2.75) is 25.0 Å². The zero-order valence-electron chi connectivity index (χ0n) is 12.9. The van der Waals surface area contributed by atoms with Crippen molar-refractivity contribution in [3.63, 3.8) is 0 Å². The number of para-hydroxylation sites is 1. The van der Waals surface area contributed by atoms with Gasteiger partial charge in [-0.2, -0.15) is 0 Å². The zero-order chi connectivity index (χ0) is 16.8. The van der Waals surface area contributed by atoms with E-state index in [1.54, 1.807) is 19.2 Å². The number of hydrogen-bond donors (Lipinski definition) is 0. The van der Waals surface area contributed by atoms with Crippen LogP contribution < -0.4 is 0 Å². The number of nitrogens with zero attached hydrogens (tertiary/aromatic N) is 1. The van der Waals surface area contributed by atoms with Gasteiger partial charge in [0.1, 0.15) is 4.75 Å². The fourth-order valence-corrected chi connectivity index (χ4v) is 5.40. The lowest BCUT2D eigenvalue weighted by molar-refractivity contribution is 0.554. The van der Waals surface area contributed by atoms with Crippen molar-refractivity contribution in [1.29, 1.82) is 0 Å². The predicted molar refractivity (Wildman–Crippen MR) is 96.8 cm³/mol. The molecular weight excluding hydrogens is 353 g/mol. The Balaban J connectivity index is 2.17. The van der Waals surface area contributed by atoms with Gasteiger partial charge >= 0.3 is 0 Å². The van der Waals surface area contributed by atoms with Crippen LogP contribution in [0.5, 0.6) is 0 Å². The summed E-state index contributed by atoms with van der Waals surface area (Å²) in [7, 11) is -3.66. The number of aromatic nitrogens is 1. The monoisotopic (exact) mass is 369 g/mol. The van der Waals surface area contributed by atoms with Gasteiger partial charge in [-0.05, 0) is 43.5 Å². The maximum absolute atomic E-state index is 13.3. The summed E-state index contributed by atoms with van der Waals surface area (Å²) < 4.78 is 26.8. The summed E-state index contributed by atoms with van der Waals surface area (Å²) in [5, 5.41) is 1.31. The van der Waals surface area contributed by atoms with Crippen LogP contribution in [0.15, 0.2) is 53.2 Å². The number of fused-ring (bicyclic) bond motifs is 1. The molecule has 1 aromatic heterocycles. The van der Waals surface area contributed by atoms with Gasteiger partial charge in [-0.3, -0.25) is 0 Å². The molecule has 1 unspecified atom stereocenters. The summed E-state index contributed by atoms with van der Waals surface area (Å²) in [5.41, 5.74) is 2.41. The van der Waals surface area contributed by atoms with Gasteiger partial charge in [0, 0.05) is 22.5 Å². The van der Waals surface area contributed by atoms with E-state index in [4.69, 9.17) is 23.2 Å². The number of hydrogen-bond acceptors (Lipinski definition) is 2. The topological polar surface area (TPSA) is 39.1 Å². The summed E-state index contributed by atoms with van der Waals surface area (Å²) >= 11 is 12.1. The molecule has 0 N–H and O–H groups in total. The van der Waals surface area contributed by atoms with Gasteiger partial charge < -0.3 is 0 Å². The van der Waals surface area contributed by atoms with Crippen LogP contribution in [0, 0.1) is 6.92 Å². The molecular formula is C17H17Cl2NO2S. The Hall–Kier alpha value is -1.23. The molecule has 1 aliphatic carbocycles. The van der Waals surface area contributed by atoms with E-state index < -0.39 is 14.8 Å². The lowest BCUT2D eigenvalue weighted by Crippen LogP contribution is -2.38. The standard InChI is InChI=1S/C17H17Cl2NO2S/c1-12-4-3-5-13-7-9-20(16(12)13)23(21,22)17(2)8-6-14(11-18)15(19)10-17/h3-7,9-10H,8,11H2,1-2H3. The van der Waals surface area contributed by atoms with Gasteiger partial charge in [0.25, 0.3) is 0 Å². The van der Waals surface area contributed by atoms with Crippen molar-refractivity contribution in [1.82, 2.24) is 3.97 Å². The largest absolute Gasteiger partial charge is 0.248 e. The number of allylic oxidation sites excluding steroid dienone is 3. The van der Waals surface area contributed by atoms with Gasteiger partial charge in [0.05, 0.1) is 5.52 Å². The summed E-state index contributed by atoms with van der Waals surface area (Å²) in [5.74, 6) is 0.275. The molecule has 1 aliphatic rings. The number of rotatable bonds is 3. The molecule has 6 heteroatoms. The van der Waals surface area contributed by atoms with E-state index in [2.05, 4.69) is 0 Å². The van der Waals surface area contributed by atoms with E-state index in [1.165, 1.54) is 3.97 Å². The van der Waals surface area contributed by atoms with Crippen molar-refractivity contribution < 1.29 is 8.42 Å². The second-order valence-corrected chi connectivity index (χ2v) is 8.95. The average Bonchev–Trinajstić information content (AvgIpc) is 2.93. The quantitative estimate of drug-likeness (QED) is 0.742. The highest BCUT2D eigenvalue weighted by atomic mass is 35.5. The van der Waals surface area contributed by atoms with E-state index in [-0.39, 0.29) is 5.88 Å². The highest BCUT2D eigenvalue weighted by molar-refractivity contribution is 7.91. The molecule has 3 rings (SSSR count). The predicted octanol–water partition coefficient (Wildman–Crippen LogP) is 4.58. The van der Waals surface area contributed by atoms with Crippen molar-refractivity contribution in [3.05, 3.63) is 58.8 Å². The molecule has 0 saturated carbocycles. The third kappa shape index (κ3) is 2.53. The van der Waals surface area contributed by atoms with E-state index in [0.717, 1.165) is 16.5 Å². The minimum atomic E-state index is -3.66. The molecule has 0 aliphatic heterocycles. The van der Waals surface area contributed by atoms with Crippen LogP contribution in [0.1, 0.15) is 18.9 Å². The third-order valence-corrected chi connectivity index (χ3v) is 7.29. The first-order valence-corrected chi connectivity index (χ1v) is 9.61. The second kappa shape index (κ2) is 5.69. The molecule has 2 aromatic rings. The minimum absolute atomic E-state index is 0.275. The Bertz CT molecular complexity index is 941. The molecule has 122 valence electrons. The SMILES string of the molecule is Cc1cccc2ccn(S(=O)(=O)C3(C)C=C(Cl)C(CCl)=CC3)c12. The Morgan fingerprint density at radius 2 is 2.04 bits per heavy atom. The Morgan fingerprint density at radius 3 is 2.70 bits per heavy atom. The van der Waals surface area contributed by atoms with E-state index in [9.17, 15) is 8.42 Å². The van der Waals surface area contributed by atoms with Crippen molar-refractivity contribution in [2.75, 3.05) is 5.88 Å². The first-order valence-electron chi connectivity index (χ1n) is 7.26. The average molecular weight is 370 g/mol. The van der Waals surface area contributed by atoms with Gasteiger partial charge in [-0.1, -0.05) is 35.9 Å². The summed E-state index contributed by atoms with van der Waals surface area (Å²) in [6.45, 7) is 3.60. The Labute approximate surface area is 146 Å². The molecule has 0 saturated heterocycles. The molecule has 1 heterocycles. The van der Waals surface area contributed by atoms with Gasteiger partial charge in [-0.15, -0.1) is 11.6 Å². The highest BCUT2D eigenvalue weighted by Gasteiger charge is 2.40. The van der Waals surface area contributed by atoms with E-state index in [1.807, 2.05) is 37.3 Å². The molecule has 0 radical (unpaired) electrons. The van der Waals surface area contributed by atoms with E-state index >= 15 is 0 Å². The third-order valence-electron chi connectivity index (χ3n) is 4.36. The van der Waals surface area contributed by atoms with Crippen molar-refractivity contribution >= 4 is 44.1 Å². The van der Waals surface area contributed by atoms with Crippen LogP contribution in [0.2, 0.25) is 0 Å². The van der Waals surface area contributed by atoms with Crippen molar-refractivity contribution in [2.24, 2.45) is 0 Å². The number of alkyl halides is 1. The minimum Gasteiger partial charge on any atom is -0.244 e. The molecule has 0 fully saturated rings. The smallest absolute Gasteiger partial charge is 0.244 e. The molecule has 3 nitrogen and oxygen atoms in total. The second-order valence-electron chi connectivity index (χ2n) is 6.00. The summed E-state index contributed by atoms with van der Waals surface area (Å²) in [4.78, 5) is 0. The molecule has 0 spiro atoms. The maximum atomic E-state index is 13.3. The fraction of sp³-hybridized carbons (Fsp3) is 0.294. The molecule has 0 amide bonds. The number of halogens is 2. The molecule has 0 bridgehead atoms. The van der Waals surface area contributed by atoms with Crippen LogP contribution in [-0.4, -0.2) is 23.0 Å². The summed E-state index contributed by atoms with van der Waals surface area (Å²) in [6.07, 6.45) is 5.37. The Kier molecular flexibility index (Phi) is 4.11. The van der Waals surface area contributed by atoms with Crippen molar-refractivity contribution in [3.8, 4) is 0 Å². The first kappa shape index (κ1) is 16.6. The van der Waals surface area contributed by atoms with Gasteiger partial charge in [0.2, 0.25) is 10.0 Å². The van der Waals surface area contributed by atoms with Crippen LogP contribution in [0.4, 0.5) is 0 Å². The highest BCUT2D eigenvalue weighted by Crippen LogP contribution is 2.37. The fourth-order valence-electron chi connectivity index (χ4n) is 2.91. The van der Waals surface area contributed by atoms with Crippen LogP contribution in [-0.2, 0) is 10.0 Å². The lowest BCUT2D eigenvalue weighted by atomic mass is 9.98. The lowest BCUT2D eigenvalue weighted by Gasteiger charge is -2.29. The van der Waals surface area contributed by atoms with Crippen LogP contribution in [0.3, 0.4) is 0 Å². The summed E-state index contributed by atoms with van der Waals surface area (Å²) in [6, 6.07) is 7.55. The normalized spacial score (nSPS) is 22.1. The van der Waals surface area contributed by atoms with Gasteiger partial charge in [0.15, 0.2) is 0 Å².